The largest absolute Gasteiger partial charge is 0.490 e. The number of carbonyl (C=O) groups is 1. The Hall–Kier alpha value is -2.50. The van der Waals surface area contributed by atoms with E-state index >= 15 is 0 Å². The Balaban J connectivity index is 1.79. The van der Waals surface area contributed by atoms with E-state index in [1.54, 1.807) is 12.1 Å². The quantitative estimate of drug-likeness (QED) is 0.570. The maximum Gasteiger partial charge on any atom is 0.271 e. The van der Waals surface area contributed by atoms with Crippen LogP contribution in [0.4, 0.5) is 0 Å². The average molecular weight is 358 g/mol. The summed E-state index contributed by atoms with van der Waals surface area (Å²) in [5.41, 5.74) is 4.17. The molecule has 0 aliphatic heterocycles. The molecular formula is C20H26N2O4. The van der Waals surface area contributed by atoms with Crippen molar-refractivity contribution in [2.45, 2.75) is 33.6 Å². The van der Waals surface area contributed by atoms with Crippen LogP contribution in [0.3, 0.4) is 0 Å². The first-order chi connectivity index (χ1) is 12.7. The van der Waals surface area contributed by atoms with Crippen molar-refractivity contribution in [1.29, 1.82) is 0 Å². The molecule has 26 heavy (non-hydrogen) atoms. The van der Waals surface area contributed by atoms with Crippen LogP contribution in [0.25, 0.3) is 0 Å². The summed E-state index contributed by atoms with van der Waals surface area (Å²) in [6.45, 7) is 7.08. The molecule has 0 radical (unpaired) electrons. The minimum Gasteiger partial charge on any atom is -0.490 e. The van der Waals surface area contributed by atoms with Gasteiger partial charge in [0.05, 0.1) is 19.8 Å². The molecule has 0 saturated heterocycles. The summed E-state index contributed by atoms with van der Waals surface area (Å²) in [6, 6.07) is 3.35. The molecule has 1 fully saturated rings. The van der Waals surface area contributed by atoms with E-state index in [1.807, 2.05) is 20.8 Å². The van der Waals surface area contributed by atoms with E-state index in [2.05, 4.69) is 22.7 Å². The summed E-state index contributed by atoms with van der Waals surface area (Å²) in [7, 11) is 0. The van der Waals surface area contributed by atoms with Crippen molar-refractivity contribution in [2.24, 2.45) is 16.9 Å². The van der Waals surface area contributed by atoms with Gasteiger partial charge in [0.1, 0.15) is 0 Å². The van der Waals surface area contributed by atoms with Gasteiger partial charge in [-0.25, -0.2) is 5.43 Å². The average Bonchev–Trinajstić information content (AvgIpc) is 2.99. The van der Waals surface area contributed by atoms with Crippen molar-refractivity contribution in [3.8, 4) is 17.2 Å². The number of nitrogens with one attached hydrogen (secondary N) is 1. The highest BCUT2D eigenvalue weighted by Gasteiger charge is 2.38. The Morgan fingerprint density at radius 1 is 1.12 bits per heavy atom. The lowest BCUT2D eigenvalue weighted by molar-refractivity contribution is 0.0952. The van der Waals surface area contributed by atoms with E-state index in [0.29, 0.717) is 54.5 Å². The Morgan fingerprint density at radius 2 is 1.77 bits per heavy atom. The molecule has 1 saturated carbocycles. The smallest absolute Gasteiger partial charge is 0.271 e. The highest BCUT2D eigenvalue weighted by atomic mass is 16.5. The zero-order chi connectivity index (χ0) is 18.5. The molecule has 0 bridgehead atoms. The molecule has 1 amide bonds. The lowest BCUT2D eigenvalue weighted by Crippen LogP contribution is -2.35. The normalized spacial score (nSPS) is 21.9. The van der Waals surface area contributed by atoms with Gasteiger partial charge in [-0.1, -0.05) is 12.2 Å². The van der Waals surface area contributed by atoms with Crippen LogP contribution < -0.4 is 19.6 Å². The van der Waals surface area contributed by atoms with Crippen LogP contribution in [0.15, 0.2) is 29.4 Å². The third-order valence-electron chi connectivity index (χ3n) is 4.64. The number of hydrogen-bond donors (Lipinski definition) is 1. The number of fused-ring (bicyclic) bond motifs is 1. The van der Waals surface area contributed by atoms with E-state index in [4.69, 9.17) is 14.2 Å². The van der Waals surface area contributed by atoms with Crippen LogP contribution in [0.2, 0.25) is 0 Å². The molecule has 2 atom stereocenters. The van der Waals surface area contributed by atoms with Crippen molar-refractivity contribution in [1.82, 2.24) is 5.43 Å². The second-order valence-electron chi connectivity index (χ2n) is 6.28. The fourth-order valence-electron chi connectivity index (χ4n) is 3.37. The minimum absolute atomic E-state index is 0.281. The molecule has 0 heterocycles. The summed E-state index contributed by atoms with van der Waals surface area (Å²) < 4.78 is 17.0. The predicted molar refractivity (Wildman–Crippen MR) is 100 cm³/mol. The second-order valence-corrected chi connectivity index (χ2v) is 6.28. The number of ether oxygens (including phenoxy) is 3. The molecule has 6 nitrogen and oxygen atoms in total. The number of carbonyl (C=O) groups excluding carboxylic acids is 1. The van der Waals surface area contributed by atoms with Crippen LogP contribution in [0.1, 0.15) is 44.0 Å². The number of allylic oxidation sites excluding steroid dienone is 2. The summed E-state index contributed by atoms with van der Waals surface area (Å²) in [5.74, 6) is 2.32. The van der Waals surface area contributed by atoms with E-state index in [-0.39, 0.29) is 5.91 Å². The number of hydrazone groups is 1. The lowest BCUT2D eigenvalue weighted by Gasteiger charge is -2.31. The maximum absolute atomic E-state index is 12.6. The Bertz CT molecular complexity index is 700. The molecule has 1 aromatic rings. The fourth-order valence-corrected chi connectivity index (χ4v) is 3.37. The number of hydrogen-bond acceptors (Lipinski definition) is 5. The summed E-state index contributed by atoms with van der Waals surface area (Å²) in [6.07, 6.45) is 6.38. The van der Waals surface area contributed by atoms with Gasteiger partial charge >= 0.3 is 0 Å². The standard InChI is InChI=1S/C20H26N2O4/c1-4-24-17-11-14(12-18(25-5-2)19(17)26-6-3)20(23)22-21-16-10-13-8-7-9-15(13)16/h7-8,11-13,15H,4-6,9-10H2,1-3H3,(H,22,23)/b21-16+/t13-,15+/m1/s1. The van der Waals surface area contributed by atoms with Crippen molar-refractivity contribution in [3.63, 3.8) is 0 Å². The van der Waals surface area contributed by atoms with Gasteiger partial charge in [0, 0.05) is 17.2 Å². The molecule has 0 spiro atoms. The Morgan fingerprint density at radius 3 is 2.35 bits per heavy atom. The molecular weight excluding hydrogens is 332 g/mol. The number of amides is 1. The topological polar surface area (TPSA) is 69.2 Å². The third kappa shape index (κ3) is 3.69. The first-order valence-corrected chi connectivity index (χ1v) is 9.27. The maximum atomic E-state index is 12.6. The minimum atomic E-state index is -0.281. The third-order valence-corrected chi connectivity index (χ3v) is 4.64. The van der Waals surface area contributed by atoms with Crippen LogP contribution in [0, 0.1) is 11.8 Å². The van der Waals surface area contributed by atoms with Crippen molar-refractivity contribution in [3.05, 3.63) is 29.8 Å². The van der Waals surface area contributed by atoms with Gasteiger partial charge in [-0.3, -0.25) is 4.79 Å². The van der Waals surface area contributed by atoms with Crippen molar-refractivity contribution < 1.29 is 19.0 Å². The predicted octanol–water partition coefficient (Wildman–Crippen LogP) is 3.56. The second kappa shape index (κ2) is 8.25. The molecule has 6 heteroatoms. The molecule has 3 rings (SSSR count). The lowest BCUT2D eigenvalue weighted by atomic mass is 9.74. The van der Waals surface area contributed by atoms with E-state index in [0.717, 1.165) is 18.6 Å². The van der Waals surface area contributed by atoms with Gasteiger partial charge in [-0.15, -0.1) is 0 Å². The van der Waals surface area contributed by atoms with Gasteiger partial charge in [0.15, 0.2) is 11.5 Å². The van der Waals surface area contributed by atoms with Crippen LogP contribution in [0.5, 0.6) is 17.2 Å². The van der Waals surface area contributed by atoms with Crippen molar-refractivity contribution in [2.75, 3.05) is 19.8 Å². The Labute approximate surface area is 154 Å². The SMILES string of the molecule is CCOc1cc(C(=O)N/N=C2\C[C@H]3C=CC[C@H]23)cc(OCC)c1OCC. The summed E-state index contributed by atoms with van der Waals surface area (Å²) >= 11 is 0. The van der Waals surface area contributed by atoms with E-state index in [1.165, 1.54) is 0 Å². The highest BCUT2D eigenvalue weighted by Crippen LogP contribution is 2.40. The summed E-state index contributed by atoms with van der Waals surface area (Å²) in [4.78, 5) is 12.6. The van der Waals surface area contributed by atoms with Gasteiger partial charge in [-0.2, -0.15) is 5.10 Å². The molecule has 0 unspecified atom stereocenters. The van der Waals surface area contributed by atoms with Gasteiger partial charge in [0.2, 0.25) is 5.75 Å². The van der Waals surface area contributed by atoms with Crippen LogP contribution in [-0.2, 0) is 0 Å². The number of benzene rings is 1. The summed E-state index contributed by atoms with van der Waals surface area (Å²) in [5, 5.41) is 4.32. The number of nitrogens with zero attached hydrogens (tertiary/aromatic N) is 1. The molecule has 2 aliphatic carbocycles. The van der Waals surface area contributed by atoms with Gasteiger partial charge in [-0.05, 0) is 51.7 Å². The van der Waals surface area contributed by atoms with Crippen LogP contribution >= 0.6 is 0 Å². The van der Waals surface area contributed by atoms with Crippen LogP contribution in [-0.4, -0.2) is 31.4 Å². The zero-order valence-electron chi connectivity index (χ0n) is 15.6. The molecule has 2 aliphatic rings. The monoisotopic (exact) mass is 358 g/mol. The van der Waals surface area contributed by atoms with E-state index in [9.17, 15) is 4.79 Å². The molecule has 140 valence electrons. The fraction of sp³-hybridized carbons (Fsp3) is 0.500. The number of rotatable bonds is 8. The first-order valence-electron chi connectivity index (χ1n) is 9.27. The highest BCUT2D eigenvalue weighted by molar-refractivity contribution is 5.98. The zero-order valence-corrected chi connectivity index (χ0v) is 15.6. The molecule has 1 aromatic carbocycles. The molecule has 1 N–H and O–H groups in total. The van der Waals surface area contributed by atoms with E-state index < -0.39 is 0 Å². The van der Waals surface area contributed by atoms with Gasteiger partial charge in [0.25, 0.3) is 5.91 Å². The Kier molecular flexibility index (Phi) is 5.81. The molecule has 0 aromatic heterocycles. The van der Waals surface area contributed by atoms with Gasteiger partial charge < -0.3 is 14.2 Å². The first kappa shape index (κ1) is 18.3. The van der Waals surface area contributed by atoms with Crippen molar-refractivity contribution >= 4 is 11.6 Å².